The van der Waals surface area contributed by atoms with E-state index in [0.717, 1.165) is 12.2 Å². The molecule has 0 unspecified atom stereocenters. The Morgan fingerprint density at radius 3 is 1.24 bits per heavy atom. The SMILES string of the molecule is CCCCCCCCCCCCCCCCCCCCCNc1ccc(O)cc1. The molecule has 0 saturated heterocycles. The molecule has 29 heavy (non-hydrogen) atoms. The molecule has 0 fully saturated rings. The summed E-state index contributed by atoms with van der Waals surface area (Å²) >= 11 is 0. The van der Waals surface area contributed by atoms with Crippen LogP contribution in [0.2, 0.25) is 0 Å². The first kappa shape index (κ1) is 25.9. The van der Waals surface area contributed by atoms with E-state index < -0.39 is 0 Å². The van der Waals surface area contributed by atoms with Crippen LogP contribution in [0.4, 0.5) is 5.69 Å². The van der Waals surface area contributed by atoms with Crippen molar-refractivity contribution in [3.8, 4) is 5.75 Å². The molecule has 2 nitrogen and oxygen atoms in total. The highest BCUT2D eigenvalue weighted by Crippen LogP contribution is 2.16. The molecular formula is C27H49NO. The Morgan fingerprint density at radius 2 is 0.862 bits per heavy atom. The Balaban J connectivity index is 1.69. The number of rotatable bonds is 21. The van der Waals surface area contributed by atoms with Crippen molar-refractivity contribution in [1.29, 1.82) is 0 Å². The molecule has 1 aromatic rings. The number of unbranched alkanes of at least 4 members (excludes halogenated alkanes) is 18. The van der Waals surface area contributed by atoms with Gasteiger partial charge < -0.3 is 10.4 Å². The van der Waals surface area contributed by atoms with E-state index in [-0.39, 0.29) is 0 Å². The van der Waals surface area contributed by atoms with E-state index in [0.29, 0.717) is 5.75 Å². The normalized spacial score (nSPS) is 11.1. The zero-order valence-electron chi connectivity index (χ0n) is 19.4. The third kappa shape index (κ3) is 17.4. The number of phenols is 1. The second kappa shape index (κ2) is 20.1. The number of hydrogen-bond donors (Lipinski definition) is 2. The van der Waals surface area contributed by atoms with E-state index >= 15 is 0 Å². The van der Waals surface area contributed by atoms with Gasteiger partial charge in [0, 0.05) is 12.2 Å². The van der Waals surface area contributed by atoms with Crippen LogP contribution in [0.25, 0.3) is 0 Å². The van der Waals surface area contributed by atoms with Crippen LogP contribution < -0.4 is 5.32 Å². The van der Waals surface area contributed by atoms with Crippen LogP contribution in [0.5, 0.6) is 5.75 Å². The molecule has 0 bridgehead atoms. The van der Waals surface area contributed by atoms with Gasteiger partial charge in [0.1, 0.15) is 5.75 Å². The summed E-state index contributed by atoms with van der Waals surface area (Å²) < 4.78 is 0. The van der Waals surface area contributed by atoms with Crippen LogP contribution in [0, 0.1) is 0 Å². The van der Waals surface area contributed by atoms with Crippen molar-refractivity contribution in [2.45, 2.75) is 129 Å². The summed E-state index contributed by atoms with van der Waals surface area (Å²) in [6.07, 6.45) is 27.0. The standard InChI is InChI=1S/C27H49NO/c1-2-3-4-5-6-7-8-9-10-11-12-13-14-15-16-17-18-19-20-25-28-26-21-23-27(29)24-22-26/h21-24,28-29H,2-20,25H2,1H3. The first-order chi connectivity index (χ1) is 14.3. The third-order valence-electron chi connectivity index (χ3n) is 5.98. The minimum atomic E-state index is 0.332. The minimum Gasteiger partial charge on any atom is -0.508 e. The molecule has 1 rings (SSSR count). The van der Waals surface area contributed by atoms with Crippen molar-refractivity contribution in [3.63, 3.8) is 0 Å². The molecule has 0 aliphatic rings. The summed E-state index contributed by atoms with van der Waals surface area (Å²) in [5.74, 6) is 0.332. The van der Waals surface area contributed by atoms with Crippen LogP contribution in [0.15, 0.2) is 24.3 Å². The minimum absolute atomic E-state index is 0.332. The van der Waals surface area contributed by atoms with Crippen LogP contribution in [-0.4, -0.2) is 11.7 Å². The molecule has 0 spiro atoms. The summed E-state index contributed by atoms with van der Waals surface area (Å²) in [4.78, 5) is 0. The molecule has 2 N–H and O–H groups in total. The number of anilines is 1. The fraction of sp³-hybridized carbons (Fsp3) is 0.778. The van der Waals surface area contributed by atoms with Gasteiger partial charge in [0.25, 0.3) is 0 Å². The van der Waals surface area contributed by atoms with Gasteiger partial charge in [0.15, 0.2) is 0 Å². The zero-order chi connectivity index (χ0) is 20.8. The highest BCUT2D eigenvalue weighted by Gasteiger charge is 1.96. The van der Waals surface area contributed by atoms with Crippen LogP contribution in [0.1, 0.15) is 129 Å². The molecule has 0 aliphatic heterocycles. The maximum Gasteiger partial charge on any atom is 0.115 e. The van der Waals surface area contributed by atoms with Gasteiger partial charge in [-0.25, -0.2) is 0 Å². The molecule has 0 heterocycles. The number of nitrogens with one attached hydrogen (secondary N) is 1. The molecular weight excluding hydrogens is 354 g/mol. The van der Waals surface area contributed by atoms with Crippen molar-refractivity contribution < 1.29 is 5.11 Å². The lowest BCUT2D eigenvalue weighted by Gasteiger charge is -2.06. The van der Waals surface area contributed by atoms with Crippen LogP contribution in [0.3, 0.4) is 0 Å². The van der Waals surface area contributed by atoms with Crippen LogP contribution in [-0.2, 0) is 0 Å². The average molecular weight is 404 g/mol. The topological polar surface area (TPSA) is 32.3 Å². The quantitative estimate of drug-likeness (QED) is 0.158. The number of hydrogen-bond acceptors (Lipinski definition) is 2. The first-order valence-electron chi connectivity index (χ1n) is 12.9. The number of phenolic OH excluding ortho intramolecular Hbond substituents is 1. The molecule has 168 valence electrons. The van der Waals surface area contributed by atoms with Gasteiger partial charge in [0.2, 0.25) is 0 Å². The summed E-state index contributed by atoms with van der Waals surface area (Å²) in [6, 6.07) is 7.34. The van der Waals surface area contributed by atoms with Crippen LogP contribution >= 0.6 is 0 Å². The Morgan fingerprint density at radius 1 is 0.517 bits per heavy atom. The van der Waals surface area contributed by atoms with E-state index in [2.05, 4.69) is 12.2 Å². The van der Waals surface area contributed by atoms with E-state index in [1.807, 2.05) is 12.1 Å². The third-order valence-corrected chi connectivity index (χ3v) is 5.98. The van der Waals surface area contributed by atoms with Crippen molar-refractivity contribution in [2.24, 2.45) is 0 Å². The van der Waals surface area contributed by atoms with E-state index in [4.69, 9.17) is 0 Å². The lowest BCUT2D eigenvalue weighted by Crippen LogP contribution is -2.00. The number of benzene rings is 1. The molecule has 2 heteroatoms. The highest BCUT2D eigenvalue weighted by molar-refractivity contribution is 5.45. The Labute approximate surface area is 181 Å². The molecule has 1 aromatic carbocycles. The predicted octanol–water partition coefficient (Wildman–Crippen LogP) is 9.24. The molecule has 0 aliphatic carbocycles. The highest BCUT2D eigenvalue weighted by atomic mass is 16.3. The molecule has 0 radical (unpaired) electrons. The van der Waals surface area contributed by atoms with Gasteiger partial charge in [-0.15, -0.1) is 0 Å². The fourth-order valence-electron chi connectivity index (χ4n) is 4.02. The van der Waals surface area contributed by atoms with E-state index in [9.17, 15) is 5.11 Å². The first-order valence-corrected chi connectivity index (χ1v) is 12.9. The van der Waals surface area contributed by atoms with Gasteiger partial charge in [-0.05, 0) is 30.7 Å². The number of aromatic hydroxyl groups is 1. The van der Waals surface area contributed by atoms with Gasteiger partial charge in [-0.1, -0.05) is 122 Å². The van der Waals surface area contributed by atoms with Gasteiger partial charge in [0.05, 0.1) is 0 Å². The summed E-state index contributed by atoms with van der Waals surface area (Å²) in [6.45, 7) is 3.33. The average Bonchev–Trinajstić information content (AvgIpc) is 2.73. The molecule has 0 atom stereocenters. The van der Waals surface area contributed by atoms with E-state index in [1.165, 1.54) is 122 Å². The maximum absolute atomic E-state index is 9.27. The zero-order valence-corrected chi connectivity index (χ0v) is 19.4. The fourth-order valence-corrected chi connectivity index (χ4v) is 4.02. The van der Waals surface area contributed by atoms with Crippen molar-refractivity contribution in [1.82, 2.24) is 0 Å². The van der Waals surface area contributed by atoms with Crippen molar-refractivity contribution in [3.05, 3.63) is 24.3 Å². The van der Waals surface area contributed by atoms with Crippen molar-refractivity contribution >= 4 is 5.69 Å². The van der Waals surface area contributed by atoms with Gasteiger partial charge in [-0.3, -0.25) is 0 Å². The maximum atomic E-state index is 9.27. The lowest BCUT2D eigenvalue weighted by atomic mass is 10.0. The molecule has 0 aromatic heterocycles. The van der Waals surface area contributed by atoms with E-state index in [1.54, 1.807) is 12.1 Å². The van der Waals surface area contributed by atoms with Gasteiger partial charge in [-0.2, -0.15) is 0 Å². The van der Waals surface area contributed by atoms with Crippen molar-refractivity contribution in [2.75, 3.05) is 11.9 Å². The predicted molar refractivity (Wildman–Crippen MR) is 130 cm³/mol. The summed E-state index contributed by atoms with van der Waals surface area (Å²) in [5.41, 5.74) is 1.10. The smallest absolute Gasteiger partial charge is 0.115 e. The summed E-state index contributed by atoms with van der Waals surface area (Å²) in [7, 11) is 0. The Kier molecular flexibility index (Phi) is 17.9. The van der Waals surface area contributed by atoms with Gasteiger partial charge >= 0.3 is 0 Å². The molecule has 0 amide bonds. The second-order valence-electron chi connectivity index (χ2n) is 8.84. The Hall–Kier alpha value is -1.18. The second-order valence-corrected chi connectivity index (χ2v) is 8.84. The summed E-state index contributed by atoms with van der Waals surface area (Å²) in [5, 5.41) is 12.7. The molecule has 0 saturated carbocycles. The Bertz CT molecular complexity index is 442. The lowest BCUT2D eigenvalue weighted by molar-refractivity contribution is 0.475. The largest absolute Gasteiger partial charge is 0.508 e. The monoisotopic (exact) mass is 403 g/mol.